The Balaban J connectivity index is 2.50. The Hall–Kier alpha value is -1.08. The van der Waals surface area contributed by atoms with Gasteiger partial charge in [0, 0.05) is 5.92 Å². The Morgan fingerprint density at radius 2 is 2.08 bits per heavy atom. The van der Waals surface area contributed by atoms with Crippen LogP contribution >= 0.6 is 0 Å². The van der Waals surface area contributed by atoms with E-state index in [0.717, 1.165) is 0 Å². The number of fused-ring (bicyclic) bond motifs is 1. The maximum Gasteiger partial charge on any atom is 0.0537 e. The first kappa shape index (κ1) is 7.56. The van der Waals surface area contributed by atoms with Crippen molar-refractivity contribution in [1.82, 2.24) is 0 Å². The van der Waals surface area contributed by atoms with Crippen LogP contribution in [0.4, 0.5) is 0 Å². The van der Waals surface area contributed by atoms with Gasteiger partial charge < -0.3 is 5.11 Å². The van der Waals surface area contributed by atoms with Crippen LogP contribution in [-0.2, 0) is 0 Å². The lowest BCUT2D eigenvalue weighted by atomic mass is 9.98. The summed E-state index contributed by atoms with van der Waals surface area (Å²) < 4.78 is 0. The van der Waals surface area contributed by atoms with E-state index in [2.05, 4.69) is 25.1 Å². The second-order valence-corrected chi connectivity index (χ2v) is 3.25. The summed E-state index contributed by atoms with van der Waals surface area (Å²) in [7, 11) is 0. The normalized spacial score (nSPS) is 20.5. The summed E-state index contributed by atoms with van der Waals surface area (Å²) in [4.78, 5) is 0. The van der Waals surface area contributed by atoms with Crippen LogP contribution in [0.5, 0.6) is 0 Å². The van der Waals surface area contributed by atoms with Crippen LogP contribution in [-0.4, -0.2) is 11.7 Å². The number of hydrogen-bond donors (Lipinski definition) is 1. The summed E-state index contributed by atoms with van der Waals surface area (Å²) in [6, 6.07) is 8.23. The molecule has 1 aromatic rings. The van der Waals surface area contributed by atoms with Crippen LogP contribution in [0, 0.1) is 0 Å². The number of aliphatic hydroxyl groups excluding tert-OH is 1. The largest absolute Gasteiger partial charge is 0.395 e. The van der Waals surface area contributed by atoms with Crippen molar-refractivity contribution in [3.8, 4) is 0 Å². The van der Waals surface area contributed by atoms with Crippen molar-refractivity contribution in [2.24, 2.45) is 0 Å². The van der Waals surface area contributed by atoms with E-state index in [1.807, 2.05) is 12.1 Å². The summed E-state index contributed by atoms with van der Waals surface area (Å²) >= 11 is 0. The van der Waals surface area contributed by atoms with Gasteiger partial charge in [0.25, 0.3) is 0 Å². The number of benzene rings is 1. The maximum absolute atomic E-state index is 9.14. The molecule has 0 heterocycles. The number of rotatable bonds is 1. The molecule has 2 rings (SSSR count). The zero-order valence-corrected chi connectivity index (χ0v) is 7.12. The van der Waals surface area contributed by atoms with E-state index in [0.29, 0.717) is 0 Å². The fourth-order valence-electron chi connectivity index (χ4n) is 1.79. The van der Waals surface area contributed by atoms with Crippen LogP contribution in [0.2, 0.25) is 0 Å². The SMILES string of the molecule is CC1=Cc2ccccc2C1CO. The summed E-state index contributed by atoms with van der Waals surface area (Å²) in [5.41, 5.74) is 3.78. The highest BCUT2D eigenvalue weighted by Crippen LogP contribution is 2.34. The molecular formula is C11H12O. The minimum Gasteiger partial charge on any atom is -0.395 e. The fourth-order valence-corrected chi connectivity index (χ4v) is 1.79. The summed E-state index contributed by atoms with van der Waals surface area (Å²) in [6.45, 7) is 2.29. The van der Waals surface area contributed by atoms with Gasteiger partial charge in [-0.2, -0.15) is 0 Å². The number of aliphatic hydroxyl groups is 1. The molecule has 12 heavy (non-hydrogen) atoms. The Labute approximate surface area is 72.4 Å². The molecule has 0 bridgehead atoms. The van der Waals surface area contributed by atoms with Crippen LogP contribution in [0.25, 0.3) is 6.08 Å². The van der Waals surface area contributed by atoms with E-state index in [1.165, 1.54) is 16.7 Å². The molecule has 1 atom stereocenters. The fraction of sp³-hybridized carbons (Fsp3) is 0.273. The smallest absolute Gasteiger partial charge is 0.0537 e. The van der Waals surface area contributed by atoms with Gasteiger partial charge in [0.1, 0.15) is 0 Å². The highest BCUT2D eigenvalue weighted by atomic mass is 16.3. The Bertz CT molecular complexity index is 326. The molecule has 0 aromatic heterocycles. The first-order valence-corrected chi connectivity index (χ1v) is 4.21. The topological polar surface area (TPSA) is 20.2 Å². The molecule has 1 unspecified atom stereocenters. The van der Waals surface area contributed by atoms with Crippen molar-refractivity contribution in [1.29, 1.82) is 0 Å². The predicted molar refractivity (Wildman–Crippen MR) is 49.9 cm³/mol. The molecule has 0 radical (unpaired) electrons. The molecular weight excluding hydrogens is 148 g/mol. The average molecular weight is 160 g/mol. The van der Waals surface area contributed by atoms with Crippen molar-refractivity contribution in [2.75, 3.05) is 6.61 Å². The monoisotopic (exact) mass is 160 g/mol. The van der Waals surface area contributed by atoms with Crippen molar-refractivity contribution < 1.29 is 5.11 Å². The predicted octanol–water partition coefficient (Wildman–Crippen LogP) is 2.18. The molecule has 0 saturated carbocycles. The van der Waals surface area contributed by atoms with Crippen LogP contribution < -0.4 is 0 Å². The van der Waals surface area contributed by atoms with Crippen LogP contribution in [0.1, 0.15) is 24.0 Å². The highest BCUT2D eigenvalue weighted by molar-refractivity contribution is 5.65. The van der Waals surface area contributed by atoms with E-state index in [1.54, 1.807) is 0 Å². The molecule has 0 fully saturated rings. The van der Waals surface area contributed by atoms with Crippen molar-refractivity contribution >= 4 is 6.08 Å². The van der Waals surface area contributed by atoms with Gasteiger partial charge in [-0.05, 0) is 18.1 Å². The molecule has 0 spiro atoms. The highest BCUT2D eigenvalue weighted by Gasteiger charge is 2.20. The zero-order valence-electron chi connectivity index (χ0n) is 7.12. The quantitative estimate of drug-likeness (QED) is 0.667. The third kappa shape index (κ3) is 0.978. The van der Waals surface area contributed by atoms with Crippen molar-refractivity contribution in [3.63, 3.8) is 0 Å². The Morgan fingerprint density at radius 1 is 1.33 bits per heavy atom. The molecule has 1 N–H and O–H groups in total. The van der Waals surface area contributed by atoms with E-state index in [9.17, 15) is 0 Å². The van der Waals surface area contributed by atoms with Crippen molar-refractivity contribution in [2.45, 2.75) is 12.8 Å². The van der Waals surface area contributed by atoms with Crippen LogP contribution in [0.15, 0.2) is 29.8 Å². The third-order valence-corrected chi connectivity index (χ3v) is 2.49. The average Bonchev–Trinajstić information content (AvgIpc) is 2.40. The Kier molecular flexibility index (Phi) is 1.74. The van der Waals surface area contributed by atoms with E-state index in [4.69, 9.17) is 5.11 Å². The number of hydrogen-bond acceptors (Lipinski definition) is 1. The van der Waals surface area contributed by atoms with Gasteiger partial charge in [0.2, 0.25) is 0 Å². The lowest BCUT2D eigenvalue weighted by Crippen LogP contribution is -2.01. The molecule has 1 aliphatic carbocycles. The molecule has 1 heteroatoms. The first-order chi connectivity index (χ1) is 5.83. The maximum atomic E-state index is 9.14. The van der Waals surface area contributed by atoms with Gasteiger partial charge in [-0.25, -0.2) is 0 Å². The minimum atomic E-state index is 0.222. The molecule has 0 saturated heterocycles. The summed E-state index contributed by atoms with van der Waals surface area (Å²) in [5, 5.41) is 9.14. The van der Waals surface area contributed by atoms with Gasteiger partial charge in [0.15, 0.2) is 0 Å². The lowest BCUT2D eigenvalue weighted by Gasteiger charge is -2.09. The molecule has 1 aliphatic rings. The van der Waals surface area contributed by atoms with Gasteiger partial charge >= 0.3 is 0 Å². The van der Waals surface area contributed by atoms with Gasteiger partial charge in [-0.15, -0.1) is 0 Å². The van der Waals surface area contributed by atoms with Gasteiger partial charge in [0.05, 0.1) is 6.61 Å². The van der Waals surface area contributed by atoms with Crippen LogP contribution in [0.3, 0.4) is 0 Å². The molecule has 62 valence electrons. The standard InChI is InChI=1S/C11H12O/c1-8-6-9-4-2-3-5-10(9)11(8)7-12/h2-6,11-12H,7H2,1H3. The van der Waals surface area contributed by atoms with Gasteiger partial charge in [-0.1, -0.05) is 35.9 Å². The van der Waals surface area contributed by atoms with E-state index >= 15 is 0 Å². The van der Waals surface area contributed by atoms with E-state index in [-0.39, 0.29) is 12.5 Å². The first-order valence-electron chi connectivity index (χ1n) is 4.21. The third-order valence-electron chi connectivity index (χ3n) is 2.49. The summed E-state index contributed by atoms with van der Waals surface area (Å²) in [6.07, 6.45) is 2.15. The van der Waals surface area contributed by atoms with Crippen molar-refractivity contribution in [3.05, 3.63) is 41.0 Å². The molecule has 0 aliphatic heterocycles. The lowest BCUT2D eigenvalue weighted by molar-refractivity contribution is 0.280. The van der Waals surface area contributed by atoms with Gasteiger partial charge in [-0.3, -0.25) is 0 Å². The Morgan fingerprint density at radius 3 is 2.83 bits per heavy atom. The zero-order chi connectivity index (χ0) is 8.55. The second kappa shape index (κ2) is 2.76. The molecule has 0 amide bonds. The minimum absolute atomic E-state index is 0.222. The molecule has 1 aromatic carbocycles. The summed E-state index contributed by atoms with van der Waals surface area (Å²) in [5.74, 6) is 0.237. The molecule has 1 nitrogen and oxygen atoms in total. The second-order valence-electron chi connectivity index (χ2n) is 3.25. The van der Waals surface area contributed by atoms with E-state index < -0.39 is 0 Å².